The molecule has 0 saturated carbocycles. The molecule has 0 aliphatic heterocycles. The predicted molar refractivity (Wildman–Crippen MR) is 98.4 cm³/mol. The highest BCUT2D eigenvalue weighted by Crippen LogP contribution is 2.54. The highest BCUT2D eigenvalue weighted by Gasteiger charge is 2.29. The van der Waals surface area contributed by atoms with Gasteiger partial charge in [0.1, 0.15) is 12.3 Å². The third kappa shape index (κ3) is 16.6. The van der Waals surface area contributed by atoms with Crippen LogP contribution in [0, 0.1) is 0 Å². The van der Waals surface area contributed by atoms with Crippen molar-refractivity contribution in [3.63, 3.8) is 0 Å². The molecule has 0 rings (SSSR count). The number of allylic oxidation sites excluding steroid dienone is 4. The minimum absolute atomic E-state index is 0.328. The fourth-order valence-corrected chi connectivity index (χ4v) is 5.14. The third-order valence-electron chi connectivity index (χ3n) is 3.28. The van der Waals surface area contributed by atoms with Crippen LogP contribution in [0.5, 0.6) is 0 Å². The van der Waals surface area contributed by atoms with Gasteiger partial charge in [-0.1, -0.05) is 29.7 Å². The van der Waals surface area contributed by atoms with E-state index in [4.69, 9.17) is 14.5 Å². The molecular weight excluding hydrogens is 350 g/mol. The van der Waals surface area contributed by atoms with Gasteiger partial charge in [-0.2, -0.15) is 0 Å². The molecule has 3 N–H and O–H groups in total. The molecule has 0 spiro atoms. The Kier molecular flexibility index (Phi) is 12.1. The lowest BCUT2D eigenvalue weighted by Gasteiger charge is -2.12. The van der Waals surface area contributed by atoms with Crippen LogP contribution in [0.4, 0.5) is 0 Å². The van der Waals surface area contributed by atoms with E-state index in [1.165, 1.54) is 11.1 Å². The summed E-state index contributed by atoms with van der Waals surface area (Å²) in [5.74, 6) is -1.02. The van der Waals surface area contributed by atoms with E-state index in [2.05, 4.69) is 32.9 Å². The zero-order valence-electron chi connectivity index (χ0n) is 15.0. The molecule has 24 heavy (non-hydrogen) atoms. The minimum atomic E-state index is -4.48. The van der Waals surface area contributed by atoms with Crippen molar-refractivity contribution in [1.82, 2.24) is 0 Å². The lowest BCUT2D eigenvalue weighted by molar-refractivity contribution is 0.164. The van der Waals surface area contributed by atoms with Crippen molar-refractivity contribution in [1.29, 1.82) is 0 Å². The zero-order valence-corrected chi connectivity index (χ0v) is 16.8. The molecule has 0 radical (unpaired) electrons. The van der Waals surface area contributed by atoms with Gasteiger partial charge in [-0.3, -0.25) is 9.13 Å². The van der Waals surface area contributed by atoms with Gasteiger partial charge < -0.3 is 19.4 Å². The van der Waals surface area contributed by atoms with Crippen molar-refractivity contribution >= 4 is 15.0 Å². The van der Waals surface area contributed by atoms with Crippen molar-refractivity contribution in [2.24, 2.45) is 0 Å². The second-order valence-electron chi connectivity index (χ2n) is 6.41. The largest absolute Gasteiger partial charge is 0.371 e. The van der Waals surface area contributed by atoms with Crippen molar-refractivity contribution in [3.05, 3.63) is 23.3 Å². The van der Waals surface area contributed by atoms with E-state index in [9.17, 15) is 14.0 Å². The Morgan fingerprint density at radius 2 is 1.62 bits per heavy atom. The van der Waals surface area contributed by atoms with Gasteiger partial charge in [0.05, 0.1) is 0 Å². The first-order chi connectivity index (χ1) is 11.0. The molecule has 0 aromatic heterocycles. The Labute approximate surface area is 145 Å². The molecular formula is C16H32O6P2. The maximum atomic E-state index is 11.5. The van der Waals surface area contributed by atoms with Crippen LogP contribution in [-0.4, -0.2) is 33.5 Å². The van der Waals surface area contributed by atoms with E-state index >= 15 is 0 Å². The van der Waals surface area contributed by atoms with Crippen LogP contribution in [0.2, 0.25) is 0 Å². The van der Waals surface area contributed by atoms with E-state index in [-0.39, 0.29) is 0 Å². The molecule has 1 atom stereocenters. The van der Waals surface area contributed by atoms with Crippen LogP contribution in [0.1, 0.15) is 59.3 Å². The molecule has 0 aliphatic carbocycles. The number of ether oxygens (including phenoxy) is 1. The first-order valence-electron chi connectivity index (χ1n) is 8.24. The van der Waals surface area contributed by atoms with Gasteiger partial charge >= 0.3 is 7.60 Å². The summed E-state index contributed by atoms with van der Waals surface area (Å²) in [4.78, 5) is 26.8. The molecule has 0 aromatic carbocycles. The van der Waals surface area contributed by atoms with Crippen molar-refractivity contribution in [2.75, 3.05) is 18.9 Å². The first-order valence-corrected chi connectivity index (χ1v) is 12.1. The Morgan fingerprint density at radius 3 is 2.21 bits per heavy atom. The van der Waals surface area contributed by atoms with Crippen LogP contribution in [0.15, 0.2) is 23.3 Å². The smallest absolute Gasteiger partial charge is 0.335 e. The van der Waals surface area contributed by atoms with Crippen molar-refractivity contribution in [2.45, 2.75) is 59.3 Å². The van der Waals surface area contributed by atoms with Crippen LogP contribution in [0.3, 0.4) is 0 Å². The molecule has 0 saturated heterocycles. The van der Waals surface area contributed by atoms with E-state index in [1.54, 1.807) is 0 Å². The zero-order chi connectivity index (χ0) is 18.6. The Bertz CT molecular complexity index is 503. The molecule has 0 amide bonds. The fraction of sp³-hybridized carbons (Fsp3) is 0.750. The summed E-state index contributed by atoms with van der Waals surface area (Å²) in [5.41, 5.74) is 2.73. The van der Waals surface area contributed by atoms with Gasteiger partial charge in [-0.25, -0.2) is 0 Å². The molecule has 142 valence electrons. The first kappa shape index (κ1) is 23.8. The summed E-state index contributed by atoms with van der Waals surface area (Å²) in [6.07, 6.45) is 9.91. The summed E-state index contributed by atoms with van der Waals surface area (Å²) in [6.45, 7) is 6.67. The lowest BCUT2D eigenvalue weighted by Crippen LogP contribution is -2.01. The SMILES string of the molecule is CC(C)=CCCC(C)=CCCCCCOCP(=O)(O)CP(=O)(O)O. The number of rotatable bonds is 13. The average Bonchev–Trinajstić information content (AvgIpc) is 2.38. The van der Waals surface area contributed by atoms with E-state index in [0.717, 1.165) is 38.5 Å². The molecule has 0 aliphatic rings. The van der Waals surface area contributed by atoms with E-state index in [1.807, 2.05) is 0 Å². The second kappa shape index (κ2) is 12.2. The topological polar surface area (TPSA) is 104 Å². The summed E-state index contributed by atoms with van der Waals surface area (Å²) >= 11 is 0. The van der Waals surface area contributed by atoms with Crippen molar-refractivity contribution in [3.8, 4) is 0 Å². The molecule has 6 nitrogen and oxygen atoms in total. The number of hydrogen-bond donors (Lipinski definition) is 3. The van der Waals surface area contributed by atoms with Crippen LogP contribution in [0.25, 0.3) is 0 Å². The Hall–Kier alpha value is -0.220. The van der Waals surface area contributed by atoms with E-state index in [0.29, 0.717) is 6.61 Å². The third-order valence-corrected chi connectivity index (χ3v) is 7.10. The van der Waals surface area contributed by atoms with Crippen LogP contribution < -0.4 is 0 Å². The van der Waals surface area contributed by atoms with Gasteiger partial charge in [0, 0.05) is 6.61 Å². The summed E-state index contributed by atoms with van der Waals surface area (Å²) in [6, 6.07) is 0. The van der Waals surface area contributed by atoms with Gasteiger partial charge in [0.2, 0.25) is 7.37 Å². The highest BCUT2D eigenvalue weighted by atomic mass is 31.2. The van der Waals surface area contributed by atoms with Gasteiger partial charge in [0.25, 0.3) is 0 Å². The maximum Gasteiger partial charge on any atom is 0.335 e. The molecule has 0 aromatic rings. The Balaban J connectivity index is 3.69. The monoisotopic (exact) mass is 382 g/mol. The van der Waals surface area contributed by atoms with Gasteiger partial charge in [-0.15, -0.1) is 0 Å². The lowest BCUT2D eigenvalue weighted by atomic mass is 10.1. The highest BCUT2D eigenvalue weighted by molar-refractivity contribution is 7.72. The van der Waals surface area contributed by atoms with Crippen LogP contribution in [-0.2, 0) is 13.9 Å². The van der Waals surface area contributed by atoms with E-state index < -0.39 is 27.2 Å². The summed E-state index contributed by atoms with van der Waals surface area (Å²) < 4.78 is 27.3. The van der Waals surface area contributed by atoms with Crippen LogP contribution >= 0.6 is 15.0 Å². The van der Waals surface area contributed by atoms with Gasteiger partial charge in [-0.05, 0) is 52.9 Å². The molecule has 1 unspecified atom stereocenters. The standard InChI is InChI=1S/C16H32O6P2/c1-15(2)9-8-11-16(3)10-6-4-5-7-12-22-13-23(17,18)14-24(19,20)21/h9-10H,4-8,11-14H2,1-3H3,(H,17,18)(H2,19,20,21). The summed E-state index contributed by atoms with van der Waals surface area (Å²) in [7, 11) is -8.39. The number of unbranched alkanes of at least 4 members (excludes halogenated alkanes) is 3. The average molecular weight is 382 g/mol. The molecule has 8 heteroatoms. The fourth-order valence-electron chi connectivity index (χ4n) is 2.10. The second-order valence-corrected chi connectivity index (χ2v) is 10.8. The molecule has 0 bridgehead atoms. The number of hydrogen-bond acceptors (Lipinski definition) is 3. The summed E-state index contributed by atoms with van der Waals surface area (Å²) in [5, 5.41) is 0. The minimum Gasteiger partial charge on any atom is -0.371 e. The quantitative estimate of drug-likeness (QED) is 0.244. The van der Waals surface area contributed by atoms with Gasteiger partial charge in [0.15, 0.2) is 0 Å². The normalized spacial score (nSPS) is 15.2. The Morgan fingerprint density at radius 1 is 0.958 bits per heavy atom. The molecule has 0 fully saturated rings. The predicted octanol–water partition coefficient (Wildman–Crippen LogP) is 4.62. The molecule has 0 heterocycles. The van der Waals surface area contributed by atoms with Crippen molar-refractivity contribution < 1.29 is 28.5 Å². The maximum absolute atomic E-state index is 11.5.